The topological polar surface area (TPSA) is 171 Å². The first-order chi connectivity index (χ1) is 23.7. The zero-order chi connectivity index (χ0) is 36.6. The van der Waals surface area contributed by atoms with Crippen molar-refractivity contribution < 1.29 is 37.9 Å². The molecule has 1 aromatic carbocycles. The number of ether oxygens (including phenoxy) is 3. The lowest BCUT2D eigenvalue weighted by molar-refractivity contribution is -0.148. The second-order valence-corrected chi connectivity index (χ2v) is 13.0. The van der Waals surface area contributed by atoms with E-state index in [1.165, 1.54) is 35.0 Å². The minimum absolute atomic E-state index is 0.00451. The molecule has 2 aromatic heterocycles. The van der Waals surface area contributed by atoms with Crippen LogP contribution in [0.5, 0.6) is 11.5 Å². The van der Waals surface area contributed by atoms with Crippen molar-refractivity contribution in [1.29, 1.82) is 0 Å². The second-order valence-electron chi connectivity index (χ2n) is 13.0. The van der Waals surface area contributed by atoms with E-state index in [4.69, 9.17) is 18.7 Å². The molecule has 0 unspecified atom stereocenters. The van der Waals surface area contributed by atoms with Crippen LogP contribution in [-0.2, 0) is 25.7 Å². The zero-order valence-corrected chi connectivity index (χ0v) is 29.5. The highest BCUT2D eigenvalue weighted by Crippen LogP contribution is 2.30. The van der Waals surface area contributed by atoms with Crippen molar-refractivity contribution in [3.8, 4) is 11.5 Å². The number of hydrogen-bond donors (Lipinski definition) is 2. The Kier molecular flexibility index (Phi) is 12.2. The van der Waals surface area contributed by atoms with Gasteiger partial charge in [-0.25, -0.2) is 4.79 Å². The van der Waals surface area contributed by atoms with Crippen molar-refractivity contribution in [2.24, 2.45) is 5.92 Å². The highest BCUT2D eigenvalue weighted by Gasteiger charge is 2.34. The number of likely N-dealkylation sites (tertiary alicyclic amines) is 1. The van der Waals surface area contributed by atoms with Gasteiger partial charge in [0.1, 0.15) is 34.6 Å². The number of rotatable bonds is 14. The van der Waals surface area contributed by atoms with E-state index in [0.717, 1.165) is 5.56 Å². The van der Waals surface area contributed by atoms with Gasteiger partial charge in [0.05, 0.1) is 14.2 Å². The van der Waals surface area contributed by atoms with Crippen LogP contribution in [0.15, 0.2) is 64.1 Å². The highest BCUT2D eigenvalue weighted by atomic mass is 16.6. The van der Waals surface area contributed by atoms with Gasteiger partial charge >= 0.3 is 5.97 Å². The smallest absolute Gasteiger partial charge is 0.331 e. The van der Waals surface area contributed by atoms with Crippen LogP contribution in [0.3, 0.4) is 0 Å². The minimum atomic E-state index is -0.968. The zero-order valence-electron chi connectivity index (χ0n) is 29.5. The lowest BCUT2D eigenvalue weighted by Crippen LogP contribution is -2.43. The maximum absolute atomic E-state index is 13.8. The summed E-state index contributed by atoms with van der Waals surface area (Å²) in [5, 5.41) is 9.14. The molecule has 0 saturated carbocycles. The van der Waals surface area contributed by atoms with Gasteiger partial charge in [0.25, 0.3) is 11.5 Å². The summed E-state index contributed by atoms with van der Waals surface area (Å²) in [5.74, 6) is -0.617. The summed E-state index contributed by atoms with van der Waals surface area (Å²) in [4.78, 5) is 67.8. The predicted molar refractivity (Wildman–Crippen MR) is 184 cm³/mol. The van der Waals surface area contributed by atoms with Gasteiger partial charge in [0.2, 0.25) is 11.8 Å². The number of methoxy groups -OCH3 is 2. The fourth-order valence-electron chi connectivity index (χ4n) is 5.69. The van der Waals surface area contributed by atoms with Crippen LogP contribution in [0.1, 0.15) is 74.8 Å². The lowest BCUT2D eigenvalue weighted by Gasteiger charge is -2.24. The highest BCUT2D eigenvalue weighted by molar-refractivity contribution is 6.02. The Morgan fingerprint density at radius 1 is 1.12 bits per heavy atom. The van der Waals surface area contributed by atoms with Crippen LogP contribution in [0.25, 0.3) is 0 Å². The van der Waals surface area contributed by atoms with Gasteiger partial charge in [0, 0.05) is 55.0 Å². The predicted octanol–water partition coefficient (Wildman–Crippen LogP) is 4.19. The summed E-state index contributed by atoms with van der Waals surface area (Å²) >= 11 is 0. The molecule has 1 aliphatic rings. The van der Waals surface area contributed by atoms with Crippen LogP contribution >= 0.6 is 0 Å². The first kappa shape index (κ1) is 37.4. The third-order valence-corrected chi connectivity index (χ3v) is 8.11. The quantitative estimate of drug-likeness (QED) is 0.185. The molecule has 3 aromatic rings. The van der Waals surface area contributed by atoms with Gasteiger partial charge in [-0.1, -0.05) is 18.2 Å². The van der Waals surface area contributed by atoms with Crippen molar-refractivity contribution in [1.82, 2.24) is 19.9 Å². The first-order valence-electron chi connectivity index (χ1n) is 16.4. The molecule has 14 heteroatoms. The first-order valence-corrected chi connectivity index (χ1v) is 16.4. The van der Waals surface area contributed by atoms with Crippen molar-refractivity contribution in [2.75, 3.05) is 26.1 Å². The van der Waals surface area contributed by atoms with E-state index in [9.17, 15) is 24.0 Å². The second kappa shape index (κ2) is 16.3. The Balaban J connectivity index is 1.52. The lowest BCUT2D eigenvalue weighted by atomic mass is 9.97. The van der Waals surface area contributed by atoms with E-state index >= 15 is 0 Å². The number of carbonyl (C=O) groups excluding carboxylic acids is 4. The summed E-state index contributed by atoms with van der Waals surface area (Å²) in [6.45, 7) is 9.44. The van der Waals surface area contributed by atoms with Gasteiger partial charge in [-0.05, 0) is 71.2 Å². The fourth-order valence-corrected chi connectivity index (χ4v) is 5.69. The summed E-state index contributed by atoms with van der Waals surface area (Å²) in [6, 6.07) is 8.12. The van der Waals surface area contributed by atoms with E-state index in [0.29, 0.717) is 36.8 Å². The molecule has 1 saturated heterocycles. The molecule has 3 amide bonds. The van der Waals surface area contributed by atoms with Gasteiger partial charge < -0.3 is 38.8 Å². The number of nitrogens with one attached hydrogen (secondary N) is 2. The van der Waals surface area contributed by atoms with E-state index in [1.54, 1.807) is 71.9 Å². The largest absolute Gasteiger partial charge is 0.497 e. The summed E-state index contributed by atoms with van der Waals surface area (Å²) < 4.78 is 22.4. The number of hydrogen-bond acceptors (Lipinski definition) is 10. The molecule has 3 heterocycles. The van der Waals surface area contributed by atoms with Crippen LogP contribution in [-0.4, -0.2) is 70.7 Å². The molecule has 1 fully saturated rings. The average molecular weight is 692 g/mol. The SMILES string of the molecule is CC[C@H](C(=O)N[C@H](/C=C/C(=O)OC(C)(C)C)C[C@@H]1CCN(Cc2ccc(OC)cc2OC)C1=O)n1cccc(NC(=O)c2cc(C)on2)c1=O. The van der Waals surface area contributed by atoms with Gasteiger partial charge in [-0.3, -0.25) is 19.2 Å². The van der Waals surface area contributed by atoms with E-state index in [1.807, 2.05) is 6.07 Å². The summed E-state index contributed by atoms with van der Waals surface area (Å²) in [6.07, 6.45) is 5.19. The molecule has 0 aliphatic carbocycles. The Hall–Kier alpha value is -5.40. The maximum Gasteiger partial charge on any atom is 0.331 e. The Labute approximate surface area is 290 Å². The van der Waals surface area contributed by atoms with Crippen molar-refractivity contribution in [3.05, 3.63) is 82.1 Å². The van der Waals surface area contributed by atoms with E-state index in [2.05, 4.69) is 15.8 Å². The summed E-state index contributed by atoms with van der Waals surface area (Å²) in [7, 11) is 3.12. The Morgan fingerprint density at radius 3 is 2.52 bits per heavy atom. The normalized spacial score (nSPS) is 15.9. The number of aromatic nitrogens is 2. The number of benzene rings is 1. The Morgan fingerprint density at radius 2 is 1.88 bits per heavy atom. The Bertz CT molecular complexity index is 1790. The van der Waals surface area contributed by atoms with Crippen LogP contribution in [0.2, 0.25) is 0 Å². The number of esters is 1. The average Bonchev–Trinajstić information content (AvgIpc) is 3.66. The standard InChI is InChI=1S/C36H45N5O9/c1-8-29(41-16-9-10-27(35(41)46)38-32(43)28-18-22(2)50-39-28)33(44)37-25(12-14-31(42)49-36(3,4)5)19-23-15-17-40(34(23)45)21-24-11-13-26(47-6)20-30(24)48-7/h9-14,16,18,20,23,25,29H,8,15,17,19,21H2,1-7H3,(H,37,44)(H,38,43)/b14-12+/t23-,25+,29+/m0/s1. The molecular formula is C36H45N5O9. The molecule has 0 radical (unpaired) electrons. The number of anilines is 1. The molecule has 0 spiro atoms. The maximum atomic E-state index is 13.8. The number of aryl methyl sites for hydroxylation is 1. The molecular weight excluding hydrogens is 646 g/mol. The number of nitrogens with zero attached hydrogens (tertiary/aromatic N) is 3. The van der Waals surface area contributed by atoms with Crippen molar-refractivity contribution >= 4 is 29.4 Å². The van der Waals surface area contributed by atoms with E-state index in [-0.39, 0.29) is 30.1 Å². The number of pyridine rings is 1. The number of carbonyl (C=O) groups is 4. The van der Waals surface area contributed by atoms with Crippen LogP contribution < -0.4 is 25.7 Å². The molecule has 4 rings (SSSR count). The molecule has 3 atom stereocenters. The molecule has 268 valence electrons. The molecule has 0 bridgehead atoms. The van der Waals surface area contributed by atoms with E-state index < -0.39 is 46.9 Å². The minimum Gasteiger partial charge on any atom is -0.497 e. The molecule has 2 N–H and O–H groups in total. The van der Waals surface area contributed by atoms with Crippen molar-refractivity contribution in [3.63, 3.8) is 0 Å². The molecule has 14 nitrogen and oxygen atoms in total. The van der Waals surface area contributed by atoms with Crippen LogP contribution in [0, 0.1) is 12.8 Å². The van der Waals surface area contributed by atoms with Gasteiger partial charge in [-0.15, -0.1) is 0 Å². The van der Waals surface area contributed by atoms with Crippen LogP contribution in [0.4, 0.5) is 5.69 Å². The third-order valence-electron chi connectivity index (χ3n) is 8.11. The molecule has 50 heavy (non-hydrogen) atoms. The third kappa shape index (κ3) is 9.61. The molecule has 1 aliphatic heterocycles. The van der Waals surface area contributed by atoms with Gasteiger partial charge in [0.15, 0.2) is 5.69 Å². The number of amides is 3. The monoisotopic (exact) mass is 691 g/mol. The van der Waals surface area contributed by atoms with Gasteiger partial charge in [-0.2, -0.15) is 0 Å². The fraction of sp³-hybridized carbons (Fsp3) is 0.444. The summed E-state index contributed by atoms with van der Waals surface area (Å²) in [5.41, 5.74) is -0.547. The van der Waals surface area contributed by atoms with Crippen molar-refractivity contribution in [2.45, 2.75) is 78.1 Å².